The van der Waals surface area contributed by atoms with Crippen molar-refractivity contribution in [1.82, 2.24) is 0 Å². The third kappa shape index (κ3) is 3.38. The van der Waals surface area contributed by atoms with Crippen LogP contribution in [0.4, 0.5) is 0 Å². The fourth-order valence-electron chi connectivity index (χ4n) is 3.42. The molecular weight excluding hydrogens is 330 g/mol. The van der Waals surface area contributed by atoms with Crippen LogP contribution in [0.5, 0.6) is 11.5 Å². The molecule has 26 heavy (non-hydrogen) atoms. The largest absolute Gasteiger partial charge is 0.454 e. The monoisotopic (exact) mass is 349 g/mol. The van der Waals surface area contributed by atoms with Gasteiger partial charge in [0.05, 0.1) is 6.54 Å². The zero-order valence-electron chi connectivity index (χ0n) is 14.3. The van der Waals surface area contributed by atoms with Gasteiger partial charge in [0.25, 0.3) is 0 Å². The first-order valence-corrected chi connectivity index (χ1v) is 8.69. The average Bonchev–Trinajstić information content (AvgIpc) is 3.12. The highest BCUT2D eigenvalue weighted by molar-refractivity contribution is 6.16. The van der Waals surface area contributed by atoms with E-state index < -0.39 is 5.92 Å². The number of nitrogens with zero attached hydrogens (tertiary/aromatic N) is 1. The minimum Gasteiger partial charge on any atom is -0.454 e. The standard InChI is InChI=1S/C21H19NO4/c23-18-9-16(15-4-2-1-3-5-15)10-19(24)17(18)12-22-11-14-6-7-20-21(8-14)26-13-25-20/h1-8,12,16-17H,9-11,13H2. The normalized spacial score (nSPS) is 22.2. The van der Waals surface area contributed by atoms with Crippen molar-refractivity contribution in [3.8, 4) is 11.5 Å². The van der Waals surface area contributed by atoms with Gasteiger partial charge in [-0.25, -0.2) is 0 Å². The smallest absolute Gasteiger partial charge is 0.231 e. The lowest BCUT2D eigenvalue weighted by Gasteiger charge is -2.24. The molecule has 5 nitrogen and oxygen atoms in total. The van der Waals surface area contributed by atoms with Crippen LogP contribution in [0.1, 0.15) is 29.9 Å². The number of rotatable bonds is 4. The molecule has 0 atom stereocenters. The number of fused-ring (bicyclic) bond motifs is 1. The van der Waals surface area contributed by atoms with Gasteiger partial charge in [-0.3, -0.25) is 14.6 Å². The molecule has 1 heterocycles. The van der Waals surface area contributed by atoms with Crippen LogP contribution in [-0.2, 0) is 16.1 Å². The number of aliphatic imine (C=N–C) groups is 1. The summed E-state index contributed by atoms with van der Waals surface area (Å²) in [6, 6.07) is 15.4. The van der Waals surface area contributed by atoms with Gasteiger partial charge >= 0.3 is 0 Å². The van der Waals surface area contributed by atoms with Gasteiger partial charge in [0, 0.05) is 19.1 Å². The second kappa shape index (κ2) is 7.12. The first-order chi connectivity index (χ1) is 12.7. The Bertz CT molecular complexity index is 842. The van der Waals surface area contributed by atoms with E-state index in [1.807, 2.05) is 48.5 Å². The van der Waals surface area contributed by atoms with Gasteiger partial charge in [0.2, 0.25) is 6.79 Å². The van der Waals surface area contributed by atoms with Crippen LogP contribution in [0.3, 0.4) is 0 Å². The van der Waals surface area contributed by atoms with Gasteiger partial charge in [-0.1, -0.05) is 36.4 Å². The Kier molecular flexibility index (Phi) is 4.52. The lowest BCUT2D eigenvalue weighted by Crippen LogP contribution is -2.33. The summed E-state index contributed by atoms with van der Waals surface area (Å²) >= 11 is 0. The highest BCUT2D eigenvalue weighted by atomic mass is 16.7. The van der Waals surface area contributed by atoms with E-state index in [1.54, 1.807) is 0 Å². The van der Waals surface area contributed by atoms with Gasteiger partial charge in [-0.05, 0) is 29.2 Å². The second-order valence-corrected chi connectivity index (χ2v) is 6.60. The van der Waals surface area contributed by atoms with Crippen molar-refractivity contribution in [3.05, 3.63) is 59.7 Å². The van der Waals surface area contributed by atoms with Crippen LogP contribution in [-0.4, -0.2) is 24.6 Å². The van der Waals surface area contributed by atoms with E-state index in [2.05, 4.69) is 4.99 Å². The van der Waals surface area contributed by atoms with Gasteiger partial charge in [0.1, 0.15) is 17.5 Å². The summed E-state index contributed by atoms with van der Waals surface area (Å²) in [7, 11) is 0. The lowest BCUT2D eigenvalue weighted by molar-refractivity contribution is -0.133. The molecule has 1 aliphatic heterocycles. The molecule has 0 N–H and O–H groups in total. The maximum atomic E-state index is 12.4. The van der Waals surface area contributed by atoms with Crippen molar-refractivity contribution < 1.29 is 19.1 Å². The second-order valence-electron chi connectivity index (χ2n) is 6.60. The van der Waals surface area contributed by atoms with E-state index in [1.165, 1.54) is 6.21 Å². The van der Waals surface area contributed by atoms with Crippen LogP contribution < -0.4 is 9.47 Å². The van der Waals surface area contributed by atoms with Crippen molar-refractivity contribution in [2.75, 3.05) is 6.79 Å². The predicted molar refractivity (Wildman–Crippen MR) is 96.7 cm³/mol. The molecule has 2 aliphatic rings. The number of carbonyl (C=O) groups excluding carboxylic acids is 2. The molecule has 0 aromatic heterocycles. The number of ketones is 2. The summed E-state index contributed by atoms with van der Waals surface area (Å²) in [6.45, 7) is 0.630. The van der Waals surface area contributed by atoms with E-state index >= 15 is 0 Å². The number of carbonyl (C=O) groups is 2. The van der Waals surface area contributed by atoms with Crippen LogP contribution in [0.25, 0.3) is 0 Å². The molecule has 1 fully saturated rings. The Morgan fingerprint density at radius 2 is 1.69 bits per heavy atom. The molecule has 0 spiro atoms. The van der Waals surface area contributed by atoms with Gasteiger partial charge in [-0.15, -0.1) is 0 Å². The first kappa shape index (κ1) is 16.5. The molecule has 0 bridgehead atoms. The minimum atomic E-state index is -0.719. The quantitative estimate of drug-likeness (QED) is 0.627. The van der Waals surface area contributed by atoms with Crippen LogP contribution in [0.15, 0.2) is 53.5 Å². The van der Waals surface area contributed by atoms with Crippen molar-refractivity contribution in [1.29, 1.82) is 0 Å². The lowest BCUT2D eigenvalue weighted by atomic mass is 9.77. The predicted octanol–water partition coefficient (Wildman–Crippen LogP) is 3.32. The fraction of sp³-hybridized carbons (Fsp3) is 0.286. The molecule has 5 heteroatoms. The van der Waals surface area contributed by atoms with Crippen LogP contribution >= 0.6 is 0 Å². The number of hydrogen-bond donors (Lipinski definition) is 0. The van der Waals surface area contributed by atoms with Crippen molar-refractivity contribution >= 4 is 17.8 Å². The van der Waals surface area contributed by atoms with E-state index in [-0.39, 0.29) is 24.3 Å². The van der Waals surface area contributed by atoms with Crippen molar-refractivity contribution in [3.63, 3.8) is 0 Å². The minimum absolute atomic E-state index is 0.0188. The summed E-state index contributed by atoms with van der Waals surface area (Å²) in [4.78, 5) is 29.2. The number of benzene rings is 2. The average molecular weight is 349 g/mol. The zero-order valence-corrected chi connectivity index (χ0v) is 14.3. The Balaban J connectivity index is 1.40. The van der Waals surface area contributed by atoms with Crippen LogP contribution in [0, 0.1) is 5.92 Å². The van der Waals surface area contributed by atoms with Gasteiger partial charge in [0.15, 0.2) is 11.5 Å². The van der Waals surface area contributed by atoms with Crippen molar-refractivity contribution in [2.45, 2.75) is 25.3 Å². The number of hydrogen-bond acceptors (Lipinski definition) is 5. The topological polar surface area (TPSA) is 65.0 Å². The SMILES string of the molecule is O=C1CC(c2ccccc2)CC(=O)C1C=NCc1ccc2c(c1)OCO2. The summed E-state index contributed by atoms with van der Waals surface area (Å²) < 4.78 is 10.6. The van der Waals surface area contributed by atoms with Crippen molar-refractivity contribution in [2.24, 2.45) is 10.9 Å². The van der Waals surface area contributed by atoms with E-state index in [0.29, 0.717) is 25.1 Å². The molecule has 2 aromatic carbocycles. The van der Waals surface area contributed by atoms with E-state index in [9.17, 15) is 9.59 Å². The number of Topliss-reactive ketones (excluding diaryl/α,β-unsaturated/α-hetero) is 2. The Morgan fingerprint density at radius 1 is 0.962 bits per heavy atom. The Morgan fingerprint density at radius 3 is 2.46 bits per heavy atom. The highest BCUT2D eigenvalue weighted by Crippen LogP contribution is 2.33. The fourth-order valence-corrected chi connectivity index (χ4v) is 3.42. The highest BCUT2D eigenvalue weighted by Gasteiger charge is 2.34. The Hall–Kier alpha value is -2.95. The molecule has 0 unspecified atom stereocenters. The van der Waals surface area contributed by atoms with E-state index in [0.717, 1.165) is 16.9 Å². The van der Waals surface area contributed by atoms with Gasteiger partial charge < -0.3 is 9.47 Å². The molecule has 1 saturated carbocycles. The molecule has 2 aromatic rings. The van der Waals surface area contributed by atoms with E-state index in [4.69, 9.17) is 9.47 Å². The molecule has 0 radical (unpaired) electrons. The third-order valence-corrected chi connectivity index (χ3v) is 4.83. The molecule has 0 amide bonds. The third-order valence-electron chi connectivity index (χ3n) is 4.83. The molecule has 1 aliphatic carbocycles. The molecular formula is C21H19NO4. The van der Waals surface area contributed by atoms with Crippen LogP contribution in [0.2, 0.25) is 0 Å². The maximum absolute atomic E-state index is 12.4. The van der Waals surface area contributed by atoms with Gasteiger partial charge in [-0.2, -0.15) is 0 Å². The molecule has 132 valence electrons. The summed E-state index contributed by atoms with van der Waals surface area (Å²) in [5.74, 6) is 0.586. The summed E-state index contributed by atoms with van der Waals surface area (Å²) in [6.07, 6.45) is 2.28. The Labute approximate surface area is 151 Å². The number of ether oxygens (including phenoxy) is 2. The maximum Gasteiger partial charge on any atom is 0.231 e. The first-order valence-electron chi connectivity index (χ1n) is 8.69. The summed E-state index contributed by atoms with van der Waals surface area (Å²) in [5.41, 5.74) is 1.99. The zero-order chi connectivity index (χ0) is 17.9. The molecule has 4 rings (SSSR count). The molecule has 0 saturated heterocycles. The summed E-state index contributed by atoms with van der Waals surface area (Å²) in [5, 5.41) is 0.